The van der Waals surface area contributed by atoms with E-state index < -0.39 is 5.63 Å². The molecule has 0 aliphatic rings. The monoisotopic (exact) mass is 377 g/mol. The Morgan fingerprint density at radius 3 is 2.54 bits per heavy atom. The van der Waals surface area contributed by atoms with Crippen LogP contribution in [0, 0.1) is 0 Å². The number of aliphatic hydroxyl groups is 1. The fourth-order valence-electron chi connectivity index (χ4n) is 2.96. The third-order valence-corrected chi connectivity index (χ3v) is 5.64. The highest BCUT2D eigenvalue weighted by atomic mass is 32.2. The van der Waals surface area contributed by atoms with Crippen LogP contribution in [0.25, 0.3) is 11.0 Å². The molecule has 0 radical (unpaired) electrons. The lowest BCUT2D eigenvalue weighted by atomic mass is 10.1. The van der Waals surface area contributed by atoms with E-state index in [2.05, 4.69) is 18.7 Å². The number of hydrogen-bond donors (Lipinski definition) is 1. The van der Waals surface area contributed by atoms with E-state index in [0.29, 0.717) is 16.8 Å². The van der Waals surface area contributed by atoms with Crippen LogP contribution in [0.4, 0.5) is 5.69 Å². The summed E-state index contributed by atoms with van der Waals surface area (Å²) in [6.45, 7) is 6.12. The first-order valence-electron chi connectivity index (χ1n) is 9.20. The van der Waals surface area contributed by atoms with Gasteiger partial charge in [-0.3, -0.25) is 4.79 Å². The van der Waals surface area contributed by atoms with Crippen LogP contribution in [-0.2, 0) is 0 Å². The lowest BCUT2D eigenvalue weighted by Gasteiger charge is -2.21. The lowest BCUT2D eigenvalue weighted by Crippen LogP contribution is -2.21. The van der Waals surface area contributed by atoms with Crippen molar-refractivity contribution in [3.05, 3.63) is 34.2 Å². The molecule has 1 aromatic heterocycles. The van der Waals surface area contributed by atoms with Crippen molar-refractivity contribution in [3.63, 3.8) is 0 Å². The van der Waals surface area contributed by atoms with Crippen molar-refractivity contribution >= 4 is 34.7 Å². The zero-order valence-electron chi connectivity index (χ0n) is 15.5. The maximum absolute atomic E-state index is 12.2. The molecule has 6 heteroatoms. The van der Waals surface area contributed by atoms with Crippen molar-refractivity contribution < 1.29 is 14.3 Å². The molecule has 0 saturated heterocycles. The number of carbonyl (C=O) groups excluding carboxylic acids is 1. The highest BCUT2D eigenvalue weighted by molar-refractivity contribution is 7.99. The smallest absolute Gasteiger partial charge is 0.348 e. The van der Waals surface area contributed by atoms with Gasteiger partial charge in [-0.05, 0) is 44.6 Å². The first-order chi connectivity index (χ1) is 12.7. The summed E-state index contributed by atoms with van der Waals surface area (Å²) in [6.07, 6.45) is 4.40. The summed E-state index contributed by atoms with van der Waals surface area (Å²) >= 11 is 1.53. The van der Waals surface area contributed by atoms with Gasteiger partial charge in [0.1, 0.15) is 11.1 Å². The van der Waals surface area contributed by atoms with Crippen molar-refractivity contribution in [3.8, 4) is 0 Å². The van der Waals surface area contributed by atoms with Crippen LogP contribution in [0.1, 0.15) is 49.9 Å². The van der Waals surface area contributed by atoms with Gasteiger partial charge in [-0.15, -0.1) is 11.8 Å². The molecular weight excluding hydrogens is 350 g/mol. The first-order valence-corrected chi connectivity index (χ1v) is 10.2. The molecule has 1 heterocycles. The Morgan fingerprint density at radius 1 is 1.15 bits per heavy atom. The topological polar surface area (TPSA) is 70.8 Å². The summed E-state index contributed by atoms with van der Waals surface area (Å²) in [5.41, 5.74) is 1.05. The number of unbranched alkanes of at least 4 members (excludes halogenated alkanes) is 3. The zero-order valence-corrected chi connectivity index (χ0v) is 16.3. The summed E-state index contributed by atoms with van der Waals surface area (Å²) in [4.78, 5) is 26.5. The predicted octanol–water partition coefficient (Wildman–Crippen LogP) is 4.10. The molecule has 0 aliphatic heterocycles. The molecule has 0 amide bonds. The third-order valence-electron chi connectivity index (χ3n) is 4.42. The van der Waals surface area contributed by atoms with E-state index in [1.165, 1.54) is 11.8 Å². The van der Waals surface area contributed by atoms with Gasteiger partial charge in [0, 0.05) is 41.7 Å². The molecule has 0 unspecified atom stereocenters. The number of anilines is 1. The van der Waals surface area contributed by atoms with Crippen molar-refractivity contribution in [2.45, 2.75) is 44.4 Å². The molecule has 26 heavy (non-hydrogen) atoms. The molecule has 1 aromatic carbocycles. The van der Waals surface area contributed by atoms with Gasteiger partial charge in [0.25, 0.3) is 0 Å². The Labute approximate surface area is 158 Å². The molecule has 1 N–H and O–H groups in total. The largest absolute Gasteiger partial charge is 0.422 e. The van der Waals surface area contributed by atoms with Crippen molar-refractivity contribution in [2.75, 3.05) is 30.3 Å². The molecule has 2 rings (SSSR count). The van der Waals surface area contributed by atoms with Gasteiger partial charge >= 0.3 is 5.63 Å². The van der Waals surface area contributed by atoms with Gasteiger partial charge in [0.2, 0.25) is 0 Å². The number of aldehydes is 1. The number of aliphatic hydroxyl groups excluding tert-OH is 1. The summed E-state index contributed by atoms with van der Waals surface area (Å²) in [5, 5.41) is 9.63. The van der Waals surface area contributed by atoms with Crippen molar-refractivity contribution in [2.24, 2.45) is 0 Å². The third kappa shape index (κ3) is 4.89. The van der Waals surface area contributed by atoms with Crippen LogP contribution in [0.3, 0.4) is 0 Å². The second kappa shape index (κ2) is 10.4. The summed E-state index contributed by atoms with van der Waals surface area (Å²) < 4.78 is 5.41. The lowest BCUT2D eigenvalue weighted by molar-refractivity contribution is 0.111. The average Bonchev–Trinajstić information content (AvgIpc) is 2.65. The maximum atomic E-state index is 12.2. The molecule has 142 valence electrons. The van der Waals surface area contributed by atoms with Crippen LogP contribution < -0.4 is 10.5 Å². The van der Waals surface area contributed by atoms with Crippen LogP contribution in [0.15, 0.2) is 32.3 Å². The van der Waals surface area contributed by atoms with Gasteiger partial charge in [-0.1, -0.05) is 12.8 Å². The van der Waals surface area contributed by atoms with E-state index in [0.717, 1.165) is 55.6 Å². The van der Waals surface area contributed by atoms with Crippen molar-refractivity contribution in [1.29, 1.82) is 0 Å². The van der Waals surface area contributed by atoms with E-state index in [1.54, 1.807) is 0 Å². The van der Waals surface area contributed by atoms with Gasteiger partial charge in [-0.2, -0.15) is 0 Å². The zero-order chi connectivity index (χ0) is 18.9. The molecule has 0 fully saturated rings. The van der Waals surface area contributed by atoms with E-state index in [4.69, 9.17) is 9.52 Å². The number of carbonyl (C=O) groups is 1. The number of rotatable bonds is 11. The molecule has 5 nitrogen and oxygen atoms in total. The van der Waals surface area contributed by atoms with Gasteiger partial charge in [-0.25, -0.2) is 4.79 Å². The molecule has 0 bridgehead atoms. The number of fused-ring (bicyclic) bond motifs is 1. The Hall–Kier alpha value is -1.79. The second-order valence-electron chi connectivity index (χ2n) is 6.09. The Balaban J connectivity index is 2.31. The highest BCUT2D eigenvalue weighted by Crippen LogP contribution is 2.32. The summed E-state index contributed by atoms with van der Waals surface area (Å²) in [6, 6.07) is 5.83. The average molecular weight is 378 g/mol. The van der Waals surface area contributed by atoms with Crippen LogP contribution in [-0.4, -0.2) is 36.8 Å². The van der Waals surface area contributed by atoms with Gasteiger partial charge in [0.15, 0.2) is 6.29 Å². The van der Waals surface area contributed by atoms with Crippen LogP contribution >= 0.6 is 11.8 Å². The van der Waals surface area contributed by atoms with Gasteiger partial charge < -0.3 is 14.4 Å². The van der Waals surface area contributed by atoms with E-state index in [9.17, 15) is 9.59 Å². The standard InChI is InChI=1S/C20H27NO4S/c1-3-21(4-2)15-9-10-16-18(13-15)25-20(24)17(14-23)19(16)26-12-8-6-5-7-11-22/h9-10,13-14,22H,3-8,11-12H2,1-2H3. The van der Waals surface area contributed by atoms with Crippen molar-refractivity contribution in [1.82, 2.24) is 0 Å². The van der Waals surface area contributed by atoms with Gasteiger partial charge in [0.05, 0.1) is 0 Å². The quantitative estimate of drug-likeness (QED) is 0.275. The van der Waals surface area contributed by atoms with E-state index in [1.807, 2.05) is 18.2 Å². The Morgan fingerprint density at radius 2 is 1.88 bits per heavy atom. The first kappa shape index (κ1) is 20.5. The summed E-state index contributed by atoms with van der Waals surface area (Å²) in [5.74, 6) is 0.822. The number of thioether (sulfide) groups is 1. The molecule has 0 spiro atoms. The SMILES string of the molecule is CCN(CC)c1ccc2c(SCCCCCCO)c(C=O)c(=O)oc2c1. The molecule has 0 aliphatic carbocycles. The number of benzene rings is 1. The molecule has 0 saturated carbocycles. The molecule has 0 atom stereocenters. The van der Waals surface area contributed by atoms with Crippen LogP contribution in [0.5, 0.6) is 0 Å². The maximum Gasteiger partial charge on any atom is 0.348 e. The summed E-state index contributed by atoms with van der Waals surface area (Å²) in [7, 11) is 0. The normalized spacial score (nSPS) is 11.0. The molecule has 2 aromatic rings. The Kier molecular flexibility index (Phi) is 8.19. The van der Waals surface area contributed by atoms with E-state index in [-0.39, 0.29) is 12.2 Å². The minimum absolute atomic E-state index is 0.105. The molecular formula is C20H27NO4S. The number of hydrogen-bond acceptors (Lipinski definition) is 6. The van der Waals surface area contributed by atoms with E-state index >= 15 is 0 Å². The second-order valence-corrected chi connectivity index (χ2v) is 7.19. The predicted molar refractivity (Wildman–Crippen MR) is 108 cm³/mol. The fourth-order valence-corrected chi connectivity index (χ4v) is 4.12. The highest BCUT2D eigenvalue weighted by Gasteiger charge is 2.16. The minimum atomic E-state index is -0.577. The number of nitrogens with zero attached hydrogens (tertiary/aromatic N) is 1. The minimum Gasteiger partial charge on any atom is -0.422 e. The Bertz CT molecular complexity index is 783. The van der Waals surface area contributed by atoms with Crippen LogP contribution in [0.2, 0.25) is 0 Å². The fraction of sp³-hybridized carbons (Fsp3) is 0.500.